The highest BCUT2D eigenvalue weighted by molar-refractivity contribution is 6.23. The van der Waals surface area contributed by atoms with Gasteiger partial charge in [-0.1, -0.05) is 42.5 Å². The molecule has 2 atom stereocenters. The van der Waals surface area contributed by atoms with Crippen LogP contribution in [0.3, 0.4) is 0 Å². The number of methoxy groups -OCH3 is 2. The lowest BCUT2D eigenvalue weighted by Crippen LogP contribution is -2.71. The maximum absolute atomic E-state index is 13.5. The predicted molar refractivity (Wildman–Crippen MR) is 129 cm³/mol. The number of rotatable bonds is 8. The number of carbonyl (C=O) groups excluding carboxylic acids is 3. The van der Waals surface area contributed by atoms with E-state index in [0.29, 0.717) is 42.0 Å². The molecule has 0 aromatic heterocycles. The Morgan fingerprint density at radius 3 is 2.09 bits per heavy atom. The molecule has 2 unspecified atom stereocenters. The van der Waals surface area contributed by atoms with Crippen LogP contribution in [-0.4, -0.2) is 53.8 Å². The summed E-state index contributed by atoms with van der Waals surface area (Å²) in [6.07, 6.45) is 1.33. The third kappa shape index (κ3) is 3.93. The van der Waals surface area contributed by atoms with Crippen LogP contribution in [0.4, 0.5) is 0 Å². The fourth-order valence-electron chi connectivity index (χ4n) is 4.96. The number of likely N-dealkylation sites (tertiary alicyclic amines) is 1. The van der Waals surface area contributed by atoms with Gasteiger partial charge >= 0.3 is 0 Å². The number of hydrogen-bond acceptors (Lipinski definition) is 5. The van der Waals surface area contributed by atoms with Crippen molar-refractivity contribution < 1.29 is 23.9 Å². The number of β-lactam (4-membered cyclic amide) rings is 1. The van der Waals surface area contributed by atoms with Crippen LogP contribution in [0.5, 0.6) is 11.5 Å². The summed E-state index contributed by atoms with van der Waals surface area (Å²) in [5, 5.41) is 0. The normalized spacial score (nSPS) is 19.0. The Labute approximate surface area is 203 Å². The molecule has 1 fully saturated rings. The van der Waals surface area contributed by atoms with Crippen LogP contribution >= 0.6 is 0 Å². The summed E-state index contributed by atoms with van der Waals surface area (Å²) in [7, 11) is 3.16. The summed E-state index contributed by atoms with van der Waals surface area (Å²) >= 11 is 0. The second-order valence-corrected chi connectivity index (χ2v) is 8.71. The molecule has 3 amide bonds. The van der Waals surface area contributed by atoms with Gasteiger partial charge in [-0.3, -0.25) is 19.3 Å². The molecular weight excluding hydrogens is 444 g/mol. The first-order chi connectivity index (χ1) is 17.0. The Morgan fingerprint density at radius 2 is 1.46 bits per heavy atom. The van der Waals surface area contributed by atoms with E-state index in [9.17, 15) is 14.4 Å². The van der Waals surface area contributed by atoms with Crippen molar-refractivity contribution in [2.24, 2.45) is 0 Å². The van der Waals surface area contributed by atoms with Crippen LogP contribution in [0.15, 0.2) is 72.8 Å². The molecule has 0 N–H and O–H groups in total. The molecule has 0 spiro atoms. The van der Waals surface area contributed by atoms with Crippen LogP contribution in [0.2, 0.25) is 0 Å². The number of carbonyl (C=O) groups is 3. The van der Waals surface area contributed by atoms with Crippen molar-refractivity contribution >= 4 is 17.7 Å². The average molecular weight is 471 g/mol. The quantitative estimate of drug-likeness (QED) is 0.371. The molecule has 5 rings (SSSR count). The molecule has 0 radical (unpaired) electrons. The van der Waals surface area contributed by atoms with Crippen LogP contribution < -0.4 is 9.47 Å². The lowest BCUT2D eigenvalue weighted by molar-refractivity contribution is -0.157. The molecule has 3 aromatic carbocycles. The summed E-state index contributed by atoms with van der Waals surface area (Å²) in [5.41, 5.74) is 2.66. The summed E-state index contributed by atoms with van der Waals surface area (Å²) in [6, 6.07) is 21.0. The van der Waals surface area contributed by atoms with Gasteiger partial charge in [0.15, 0.2) is 0 Å². The number of nitrogens with zero attached hydrogens (tertiary/aromatic N) is 2. The van der Waals surface area contributed by atoms with E-state index in [2.05, 4.69) is 0 Å². The first-order valence-corrected chi connectivity index (χ1v) is 11.6. The van der Waals surface area contributed by atoms with Crippen LogP contribution in [0.25, 0.3) is 0 Å². The minimum atomic E-state index is -0.824. The van der Waals surface area contributed by atoms with E-state index in [-0.39, 0.29) is 11.9 Å². The van der Waals surface area contributed by atoms with E-state index >= 15 is 0 Å². The number of aryl methyl sites for hydroxylation is 1. The van der Waals surface area contributed by atoms with Crippen molar-refractivity contribution in [2.45, 2.75) is 31.5 Å². The molecule has 2 aliphatic heterocycles. The zero-order valence-corrected chi connectivity index (χ0v) is 19.6. The van der Waals surface area contributed by atoms with Crippen molar-refractivity contribution in [2.75, 3.05) is 14.2 Å². The summed E-state index contributed by atoms with van der Waals surface area (Å²) in [4.78, 5) is 42.6. The highest BCUT2D eigenvalue weighted by Gasteiger charge is 2.55. The fraction of sp³-hybridized carbons (Fsp3) is 0.250. The first-order valence-electron chi connectivity index (χ1n) is 11.6. The Bertz CT molecular complexity index is 1250. The highest BCUT2D eigenvalue weighted by atomic mass is 16.5. The zero-order chi connectivity index (χ0) is 24.5. The Morgan fingerprint density at radius 1 is 0.800 bits per heavy atom. The number of ether oxygens (including phenoxy) is 2. The largest absolute Gasteiger partial charge is 0.497 e. The molecule has 0 saturated carbocycles. The van der Waals surface area contributed by atoms with E-state index in [1.165, 1.54) is 0 Å². The molecule has 7 nitrogen and oxygen atoms in total. The molecule has 7 heteroatoms. The number of fused-ring (bicyclic) bond motifs is 1. The van der Waals surface area contributed by atoms with Crippen molar-refractivity contribution in [1.29, 1.82) is 0 Å². The van der Waals surface area contributed by atoms with Crippen LogP contribution in [-0.2, 0) is 17.8 Å². The number of hydrogen-bond donors (Lipinski definition) is 0. The Balaban J connectivity index is 1.43. The molecule has 1 saturated heterocycles. The minimum Gasteiger partial charge on any atom is -0.497 e. The third-order valence-corrected chi connectivity index (χ3v) is 6.81. The topological polar surface area (TPSA) is 76.2 Å². The van der Waals surface area contributed by atoms with Gasteiger partial charge in [-0.25, -0.2) is 0 Å². The Hall–Kier alpha value is -4.13. The fourth-order valence-corrected chi connectivity index (χ4v) is 4.96. The maximum atomic E-state index is 13.5. The SMILES string of the molecule is COc1ccc(CN2C(=O)C(N3C(=O)c4ccccc4C3=O)C2CCc2ccccc2)c(OC)c1. The lowest BCUT2D eigenvalue weighted by Gasteiger charge is -2.50. The lowest BCUT2D eigenvalue weighted by atomic mass is 9.87. The monoisotopic (exact) mass is 470 g/mol. The average Bonchev–Trinajstić information content (AvgIpc) is 3.15. The van der Waals surface area contributed by atoms with Gasteiger partial charge in [0.2, 0.25) is 5.91 Å². The molecule has 2 aliphatic rings. The second-order valence-electron chi connectivity index (χ2n) is 8.71. The van der Waals surface area contributed by atoms with Gasteiger partial charge < -0.3 is 14.4 Å². The van der Waals surface area contributed by atoms with E-state index in [1.807, 2.05) is 42.5 Å². The van der Waals surface area contributed by atoms with Crippen molar-refractivity contribution in [3.05, 3.63) is 95.1 Å². The first kappa shape index (κ1) is 22.7. The van der Waals surface area contributed by atoms with Crippen molar-refractivity contribution in [3.8, 4) is 11.5 Å². The standard InChI is InChI=1S/C28H26N2O5/c1-34-20-14-13-19(24(16-20)35-2)17-29-23(15-12-18-8-4-3-5-9-18)25(28(29)33)30-26(31)21-10-6-7-11-22(21)27(30)32/h3-11,13-14,16,23,25H,12,15,17H2,1-2H3. The van der Waals surface area contributed by atoms with E-state index in [0.717, 1.165) is 16.0 Å². The number of imide groups is 1. The third-order valence-electron chi connectivity index (χ3n) is 6.81. The van der Waals surface area contributed by atoms with Gasteiger partial charge in [-0.15, -0.1) is 0 Å². The zero-order valence-electron chi connectivity index (χ0n) is 19.6. The summed E-state index contributed by atoms with van der Waals surface area (Å²) in [5.74, 6) is 0.217. The molecule has 0 aliphatic carbocycles. The number of amides is 3. The van der Waals surface area contributed by atoms with E-state index in [4.69, 9.17) is 9.47 Å². The van der Waals surface area contributed by atoms with Gasteiger partial charge in [0.05, 0.1) is 31.4 Å². The maximum Gasteiger partial charge on any atom is 0.262 e. The summed E-state index contributed by atoms with van der Waals surface area (Å²) < 4.78 is 10.8. The van der Waals surface area contributed by atoms with Gasteiger partial charge in [0.25, 0.3) is 11.8 Å². The molecular formula is C28H26N2O5. The van der Waals surface area contributed by atoms with Gasteiger partial charge in [-0.05, 0) is 42.7 Å². The molecule has 178 valence electrons. The summed E-state index contributed by atoms with van der Waals surface area (Å²) in [6.45, 7) is 0.311. The molecule has 0 bridgehead atoms. The van der Waals surface area contributed by atoms with E-state index in [1.54, 1.807) is 49.5 Å². The second kappa shape index (κ2) is 9.25. The minimum absolute atomic E-state index is 0.240. The van der Waals surface area contributed by atoms with Gasteiger partial charge in [0, 0.05) is 18.2 Å². The molecule has 3 aromatic rings. The predicted octanol–water partition coefficient (Wildman–Crippen LogP) is 3.71. The van der Waals surface area contributed by atoms with E-state index < -0.39 is 17.9 Å². The molecule has 35 heavy (non-hydrogen) atoms. The van der Waals surface area contributed by atoms with Crippen LogP contribution in [0, 0.1) is 0 Å². The Kier molecular flexibility index (Phi) is 5.99. The van der Waals surface area contributed by atoms with Gasteiger partial charge in [-0.2, -0.15) is 0 Å². The highest BCUT2D eigenvalue weighted by Crippen LogP contribution is 2.37. The van der Waals surface area contributed by atoms with Crippen LogP contribution in [0.1, 0.15) is 38.3 Å². The smallest absolute Gasteiger partial charge is 0.262 e. The van der Waals surface area contributed by atoms with Crippen molar-refractivity contribution in [3.63, 3.8) is 0 Å². The van der Waals surface area contributed by atoms with Crippen molar-refractivity contribution in [1.82, 2.24) is 9.80 Å². The number of benzene rings is 3. The molecule has 2 heterocycles. The van der Waals surface area contributed by atoms with Gasteiger partial charge in [0.1, 0.15) is 17.5 Å².